The molecule has 1 heteroatoms. The molecule has 2 N–H and O–H groups in total. The zero-order chi connectivity index (χ0) is 7.73. The molecule has 2 aliphatic rings. The number of rotatable bonds is 2. The molecule has 0 aliphatic heterocycles. The monoisotopic (exact) mass is 153 g/mol. The van der Waals surface area contributed by atoms with Crippen LogP contribution in [-0.2, 0) is 0 Å². The quantitative estimate of drug-likeness (QED) is 0.648. The van der Waals surface area contributed by atoms with Gasteiger partial charge in [-0.3, -0.25) is 0 Å². The molecular weight excluding hydrogens is 134 g/mol. The van der Waals surface area contributed by atoms with Gasteiger partial charge in [-0.2, -0.15) is 0 Å². The Hall–Kier alpha value is -0.0400. The van der Waals surface area contributed by atoms with Crippen molar-refractivity contribution in [2.75, 3.05) is 0 Å². The third-order valence-electron chi connectivity index (χ3n) is 3.52. The first kappa shape index (κ1) is 7.60. The number of nitrogens with two attached hydrogens (primary N) is 1. The molecule has 0 unspecified atom stereocenters. The maximum atomic E-state index is 6.27. The van der Waals surface area contributed by atoms with Crippen LogP contribution in [0.25, 0.3) is 0 Å². The fraction of sp³-hybridized carbons (Fsp3) is 1.00. The summed E-state index contributed by atoms with van der Waals surface area (Å²) in [5.74, 6) is 0.998. The third-order valence-corrected chi connectivity index (χ3v) is 3.52. The molecule has 0 spiro atoms. The normalized spacial score (nSPS) is 30.3. The second-order valence-electron chi connectivity index (χ2n) is 4.57. The molecule has 0 radical (unpaired) electrons. The minimum atomic E-state index is 0.269. The molecular formula is C10H19N. The van der Waals surface area contributed by atoms with E-state index < -0.39 is 0 Å². The standard InChI is InChI=1S/C10H19N/c11-10(6-1-2-7-10)8-9-4-3-5-9/h9H,1-8,11H2. The van der Waals surface area contributed by atoms with Crippen LogP contribution in [0.2, 0.25) is 0 Å². The van der Waals surface area contributed by atoms with Crippen molar-refractivity contribution >= 4 is 0 Å². The molecule has 2 fully saturated rings. The molecule has 0 aromatic heterocycles. The number of hydrogen-bond acceptors (Lipinski definition) is 1. The van der Waals surface area contributed by atoms with Crippen LogP contribution in [0.1, 0.15) is 51.4 Å². The maximum Gasteiger partial charge on any atom is 0.0157 e. The lowest BCUT2D eigenvalue weighted by atomic mass is 9.76. The summed E-state index contributed by atoms with van der Waals surface area (Å²) in [5.41, 5.74) is 6.54. The van der Waals surface area contributed by atoms with Crippen molar-refractivity contribution in [1.29, 1.82) is 0 Å². The summed E-state index contributed by atoms with van der Waals surface area (Å²) in [6.45, 7) is 0. The van der Waals surface area contributed by atoms with Crippen LogP contribution in [0, 0.1) is 5.92 Å². The summed E-state index contributed by atoms with van der Waals surface area (Å²) >= 11 is 0. The summed E-state index contributed by atoms with van der Waals surface area (Å²) in [7, 11) is 0. The lowest BCUT2D eigenvalue weighted by Gasteiger charge is -2.34. The van der Waals surface area contributed by atoms with Crippen LogP contribution in [0.15, 0.2) is 0 Å². The molecule has 0 atom stereocenters. The summed E-state index contributed by atoms with van der Waals surface area (Å²) in [6.07, 6.45) is 11.0. The number of hydrogen-bond donors (Lipinski definition) is 1. The lowest BCUT2D eigenvalue weighted by Crippen LogP contribution is -2.39. The van der Waals surface area contributed by atoms with E-state index in [1.807, 2.05) is 0 Å². The van der Waals surface area contributed by atoms with Gasteiger partial charge in [0.25, 0.3) is 0 Å². The van der Waals surface area contributed by atoms with Gasteiger partial charge in [0.1, 0.15) is 0 Å². The first-order chi connectivity index (χ1) is 5.29. The maximum absolute atomic E-state index is 6.27. The van der Waals surface area contributed by atoms with Crippen LogP contribution < -0.4 is 5.73 Å². The van der Waals surface area contributed by atoms with E-state index in [1.165, 1.54) is 51.4 Å². The zero-order valence-electron chi connectivity index (χ0n) is 7.31. The van der Waals surface area contributed by atoms with Crippen molar-refractivity contribution in [3.63, 3.8) is 0 Å². The highest BCUT2D eigenvalue weighted by molar-refractivity contribution is 4.92. The van der Waals surface area contributed by atoms with E-state index in [2.05, 4.69) is 0 Å². The average molecular weight is 153 g/mol. The molecule has 1 nitrogen and oxygen atoms in total. The van der Waals surface area contributed by atoms with E-state index in [4.69, 9.17) is 5.73 Å². The predicted octanol–water partition coefficient (Wildman–Crippen LogP) is 2.45. The second kappa shape index (κ2) is 2.78. The van der Waals surface area contributed by atoms with Gasteiger partial charge in [0.2, 0.25) is 0 Å². The van der Waals surface area contributed by atoms with Gasteiger partial charge in [-0.15, -0.1) is 0 Å². The molecule has 64 valence electrons. The highest BCUT2D eigenvalue weighted by atomic mass is 14.8. The molecule has 0 heterocycles. The van der Waals surface area contributed by atoms with Crippen LogP contribution in [0.5, 0.6) is 0 Å². The Morgan fingerprint density at radius 2 is 1.73 bits per heavy atom. The van der Waals surface area contributed by atoms with Gasteiger partial charge in [0, 0.05) is 5.54 Å². The van der Waals surface area contributed by atoms with Crippen molar-refractivity contribution in [3.05, 3.63) is 0 Å². The smallest absolute Gasteiger partial charge is 0.0157 e. The molecule has 0 bridgehead atoms. The van der Waals surface area contributed by atoms with Crippen molar-refractivity contribution < 1.29 is 0 Å². The van der Waals surface area contributed by atoms with E-state index in [0.29, 0.717) is 0 Å². The highest BCUT2D eigenvalue weighted by Crippen LogP contribution is 2.39. The molecule has 2 saturated carbocycles. The van der Waals surface area contributed by atoms with E-state index >= 15 is 0 Å². The molecule has 2 rings (SSSR count). The molecule has 11 heavy (non-hydrogen) atoms. The molecule has 0 aromatic rings. The molecule has 0 saturated heterocycles. The van der Waals surface area contributed by atoms with Gasteiger partial charge in [-0.1, -0.05) is 32.1 Å². The Kier molecular flexibility index (Phi) is 1.92. The van der Waals surface area contributed by atoms with Crippen molar-refractivity contribution in [1.82, 2.24) is 0 Å². The largest absolute Gasteiger partial charge is 0.325 e. The van der Waals surface area contributed by atoms with Gasteiger partial charge >= 0.3 is 0 Å². The SMILES string of the molecule is NC1(CC2CCC2)CCCC1. The average Bonchev–Trinajstić information content (AvgIpc) is 2.29. The van der Waals surface area contributed by atoms with Crippen molar-refractivity contribution in [3.8, 4) is 0 Å². The summed E-state index contributed by atoms with van der Waals surface area (Å²) in [5, 5.41) is 0. The van der Waals surface area contributed by atoms with Gasteiger partial charge in [-0.25, -0.2) is 0 Å². The van der Waals surface area contributed by atoms with Crippen LogP contribution in [0.4, 0.5) is 0 Å². The minimum absolute atomic E-state index is 0.269. The van der Waals surface area contributed by atoms with Gasteiger partial charge < -0.3 is 5.73 Å². The Bertz CT molecular complexity index is 132. The molecule has 0 amide bonds. The van der Waals surface area contributed by atoms with Crippen molar-refractivity contribution in [2.45, 2.75) is 56.9 Å². The first-order valence-electron chi connectivity index (χ1n) is 5.07. The van der Waals surface area contributed by atoms with Crippen LogP contribution >= 0.6 is 0 Å². The summed E-state index contributed by atoms with van der Waals surface area (Å²) in [4.78, 5) is 0. The topological polar surface area (TPSA) is 26.0 Å². The summed E-state index contributed by atoms with van der Waals surface area (Å²) < 4.78 is 0. The Morgan fingerprint density at radius 3 is 2.18 bits per heavy atom. The van der Waals surface area contributed by atoms with E-state index in [0.717, 1.165) is 5.92 Å². The predicted molar refractivity (Wildman–Crippen MR) is 47.3 cm³/mol. The van der Waals surface area contributed by atoms with Crippen LogP contribution in [0.3, 0.4) is 0 Å². The Morgan fingerprint density at radius 1 is 1.09 bits per heavy atom. The molecule has 0 aromatic carbocycles. The fourth-order valence-electron chi connectivity index (χ4n) is 2.56. The Labute approximate surface area is 69.4 Å². The zero-order valence-corrected chi connectivity index (χ0v) is 7.31. The van der Waals surface area contributed by atoms with E-state index in [1.54, 1.807) is 0 Å². The highest BCUT2D eigenvalue weighted by Gasteiger charge is 2.33. The van der Waals surface area contributed by atoms with E-state index in [-0.39, 0.29) is 5.54 Å². The lowest BCUT2D eigenvalue weighted by molar-refractivity contribution is 0.226. The van der Waals surface area contributed by atoms with E-state index in [9.17, 15) is 0 Å². The summed E-state index contributed by atoms with van der Waals surface area (Å²) in [6, 6.07) is 0. The van der Waals surface area contributed by atoms with Gasteiger partial charge in [-0.05, 0) is 25.2 Å². The van der Waals surface area contributed by atoms with Crippen molar-refractivity contribution in [2.24, 2.45) is 11.7 Å². The van der Waals surface area contributed by atoms with Crippen LogP contribution in [-0.4, -0.2) is 5.54 Å². The molecule has 2 aliphatic carbocycles. The van der Waals surface area contributed by atoms with Gasteiger partial charge in [0.05, 0.1) is 0 Å². The first-order valence-corrected chi connectivity index (χ1v) is 5.07. The third kappa shape index (κ3) is 1.58. The second-order valence-corrected chi connectivity index (χ2v) is 4.57. The van der Waals surface area contributed by atoms with Gasteiger partial charge in [0.15, 0.2) is 0 Å². The minimum Gasteiger partial charge on any atom is -0.325 e. The fourth-order valence-corrected chi connectivity index (χ4v) is 2.56. The Balaban J connectivity index is 1.82.